The smallest absolute Gasteiger partial charge is 0.164 e. The van der Waals surface area contributed by atoms with E-state index in [1.165, 1.54) is 5.56 Å². The van der Waals surface area contributed by atoms with Crippen molar-refractivity contribution in [2.24, 2.45) is 4.99 Å². The Morgan fingerprint density at radius 1 is 1.12 bits per heavy atom. The van der Waals surface area contributed by atoms with Crippen LogP contribution in [0, 0.1) is 0 Å². The first-order valence-electron chi connectivity index (χ1n) is 10.9. The standard InChI is InChI=1S/C25H25ClN4O2/c1-17(18-5-3-2-4-6-18)30-23-8-7-19(26)13-22(23)28-25(30)15-20-14-21(31)16-24(27-20)29-9-11-32-12-10-29/h2-8,13,16-17H,9-12,14-15H2,1H3. The van der Waals surface area contributed by atoms with Gasteiger partial charge in [-0.25, -0.2) is 9.98 Å². The quantitative estimate of drug-likeness (QED) is 0.579. The van der Waals surface area contributed by atoms with Crippen LogP contribution in [0.4, 0.5) is 0 Å². The summed E-state index contributed by atoms with van der Waals surface area (Å²) in [5.41, 5.74) is 3.90. The van der Waals surface area contributed by atoms with Gasteiger partial charge in [-0.3, -0.25) is 4.79 Å². The van der Waals surface area contributed by atoms with Gasteiger partial charge in [0.25, 0.3) is 0 Å². The summed E-state index contributed by atoms with van der Waals surface area (Å²) in [4.78, 5) is 24.4. The van der Waals surface area contributed by atoms with Crippen molar-refractivity contribution in [1.82, 2.24) is 14.5 Å². The molecule has 1 atom stereocenters. The number of carbonyl (C=O) groups is 1. The van der Waals surface area contributed by atoms with Crippen LogP contribution in [0.2, 0.25) is 5.02 Å². The Morgan fingerprint density at radius 3 is 2.69 bits per heavy atom. The number of aromatic nitrogens is 2. The summed E-state index contributed by atoms with van der Waals surface area (Å²) in [6, 6.07) is 16.2. The van der Waals surface area contributed by atoms with Gasteiger partial charge < -0.3 is 14.2 Å². The zero-order chi connectivity index (χ0) is 22.1. The zero-order valence-electron chi connectivity index (χ0n) is 18.0. The van der Waals surface area contributed by atoms with Crippen LogP contribution in [0.15, 0.2) is 65.4 Å². The minimum Gasteiger partial charge on any atom is -0.378 e. The zero-order valence-corrected chi connectivity index (χ0v) is 18.8. The van der Waals surface area contributed by atoms with Crippen molar-refractivity contribution in [3.05, 3.63) is 76.8 Å². The largest absolute Gasteiger partial charge is 0.378 e. The molecule has 3 aromatic rings. The molecule has 0 spiro atoms. The van der Waals surface area contributed by atoms with Gasteiger partial charge in [0.2, 0.25) is 0 Å². The highest BCUT2D eigenvalue weighted by molar-refractivity contribution is 6.31. The summed E-state index contributed by atoms with van der Waals surface area (Å²) >= 11 is 6.25. The van der Waals surface area contributed by atoms with E-state index in [1.807, 2.05) is 36.4 Å². The maximum absolute atomic E-state index is 12.5. The lowest BCUT2D eigenvalue weighted by Gasteiger charge is -2.30. The molecule has 0 saturated carbocycles. The second-order valence-electron chi connectivity index (χ2n) is 8.22. The van der Waals surface area contributed by atoms with Crippen LogP contribution in [0.1, 0.15) is 30.8 Å². The van der Waals surface area contributed by atoms with Gasteiger partial charge in [0.15, 0.2) is 5.78 Å². The molecule has 6 nitrogen and oxygen atoms in total. The summed E-state index contributed by atoms with van der Waals surface area (Å²) < 4.78 is 7.68. The van der Waals surface area contributed by atoms with Crippen molar-refractivity contribution >= 4 is 34.1 Å². The number of nitrogens with zero attached hydrogens (tertiary/aromatic N) is 4. The Morgan fingerprint density at radius 2 is 1.91 bits per heavy atom. The van der Waals surface area contributed by atoms with Crippen LogP contribution < -0.4 is 0 Å². The lowest BCUT2D eigenvalue weighted by Crippen LogP contribution is -2.36. The molecular weight excluding hydrogens is 424 g/mol. The lowest BCUT2D eigenvalue weighted by molar-refractivity contribution is -0.113. The topological polar surface area (TPSA) is 59.7 Å². The molecule has 1 unspecified atom stereocenters. The Labute approximate surface area is 192 Å². The number of fused-ring (bicyclic) bond motifs is 1. The maximum atomic E-state index is 12.5. The van der Waals surface area contributed by atoms with Gasteiger partial charge >= 0.3 is 0 Å². The first-order valence-corrected chi connectivity index (χ1v) is 11.3. The van der Waals surface area contributed by atoms with E-state index in [9.17, 15) is 4.79 Å². The summed E-state index contributed by atoms with van der Waals surface area (Å²) in [5, 5.41) is 0.656. The summed E-state index contributed by atoms with van der Waals surface area (Å²) in [6.45, 7) is 4.97. The number of ketones is 1. The molecule has 0 amide bonds. The van der Waals surface area contributed by atoms with E-state index in [-0.39, 0.29) is 11.8 Å². The maximum Gasteiger partial charge on any atom is 0.164 e. The van der Waals surface area contributed by atoms with E-state index in [1.54, 1.807) is 6.08 Å². The molecule has 1 fully saturated rings. The molecule has 0 aliphatic carbocycles. The monoisotopic (exact) mass is 448 g/mol. The average Bonchev–Trinajstić information content (AvgIpc) is 3.16. The molecule has 7 heteroatoms. The number of rotatable bonds is 5. The molecule has 2 aromatic carbocycles. The molecule has 1 saturated heterocycles. The van der Waals surface area contributed by atoms with Crippen molar-refractivity contribution in [3.8, 4) is 0 Å². The van der Waals surface area contributed by atoms with Crippen LogP contribution in [0.3, 0.4) is 0 Å². The number of imidazole rings is 1. The molecule has 0 N–H and O–H groups in total. The summed E-state index contributed by atoms with van der Waals surface area (Å²) in [7, 11) is 0. The number of benzene rings is 2. The highest BCUT2D eigenvalue weighted by Crippen LogP contribution is 2.29. The number of hydrogen-bond acceptors (Lipinski definition) is 5. The predicted molar refractivity (Wildman–Crippen MR) is 126 cm³/mol. The molecule has 2 aliphatic rings. The minimum atomic E-state index is 0.0755. The van der Waals surface area contributed by atoms with Gasteiger partial charge in [-0.2, -0.15) is 0 Å². The third-order valence-electron chi connectivity index (χ3n) is 6.03. The van der Waals surface area contributed by atoms with Crippen molar-refractivity contribution < 1.29 is 9.53 Å². The van der Waals surface area contributed by atoms with Crippen molar-refractivity contribution in [2.75, 3.05) is 26.3 Å². The van der Waals surface area contributed by atoms with Crippen molar-refractivity contribution in [2.45, 2.75) is 25.8 Å². The fraction of sp³-hybridized carbons (Fsp3) is 0.320. The Bertz CT molecular complexity index is 1210. The number of halogens is 1. The van der Waals surface area contributed by atoms with E-state index >= 15 is 0 Å². The predicted octanol–water partition coefficient (Wildman–Crippen LogP) is 4.43. The number of aliphatic imine (C=N–C) groups is 1. The molecule has 5 rings (SSSR count). The summed E-state index contributed by atoms with van der Waals surface area (Å²) in [5.74, 6) is 1.70. The Hall–Kier alpha value is -2.96. The van der Waals surface area contributed by atoms with E-state index in [0.717, 1.165) is 41.5 Å². The van der Waals surface area contributed by atoms with Crippen LogP contribution in [0.5, 0.6) is 0 Å². The highest BCUT2D eigenvalue weighted by Gasteiger charge is 2.23. The van der Waals surface area contributed by atoms with Crippen LogP contribution >= 0.6 is 11.6 Å². The third-order valence-corrected chi connectivity index (χ3v) is 6.27. The van der Waals surface area contributed by atoms with Gasteiger partial charge in [0, 0.05) is 42.7 Å². The average molecular weight is 449 g/mol. The third kappa shape index (κ3) is 4.20. The first-order chi connectivity index (χ1) is 15.6. The number of carbonyl (C=O) groups excluding carboxylic acids is 1. The van der Waals surface area contributed by atoms with Crippen LogP contribution in [-0.4, -0.2) is 52.2 Å². The van der Waals surface area contributed by atoms with Crippen molar-refractivity contribution in [1.29, 1.82) is 0 Å². The SMILES string of the molecule is CC(c1ccccc1)n1c(CC2=NC(N3CCOCC3)=CC(=O)C2)nc2cc(Cl)ccc21. The Kier molecular flexibility index (Phi) is 5.81. The van der Waals surface area contributed by atoms with Gasteiger partial charge in [-0.1, -0.05) is 41.9 Å². The van der Waals surface area contributed by atoms with E-state index in [0.29, 0.717) is 31.1 Å². The second kappa shape index (κ2) is 8.88. The number of hydrogen-bond donors (Lipinski definition) is 0. The minimum absolute atomic E-state index is 0.0755. The normalized spacial score (nSPS) is 17.9. The van der Waals surface area contributed by atoms with Crippen molar-refractivity contribution in [3.63, 3.8) is 0 Å². The Balaban J connectivity index is 1.53. The highest BCUT2D eigenvalue weighted by atomic mass is 35.5. The lowest BCUT2D eigenvalue weighted by atomic mass is 10.1. The number of ether oxygens (including phenoxy) is 1. The molecular formula is C25H25ClN4O2. The van der Waals surface area contributed by atoms with E-state index in [2.05, 4.69) is 28.5 Å². The van der Waals surface area contributed by atoms with E-state index in [4.69, 9.17) is 26.3 Å². The summed E-state index contributed by atoms with van der Waals surface area (Å²) in [6.07, 6.45) is 2.48. The molecule has 164 valence electrons. The second-order valence-corrected chi connectivity index (χ2v) is 8.65. The molecule has 3 heterocycles. The van der Waals surface area contributed by atoms with Crippen LogP contribution in [0.25, 0.3) is 11.0 Å². The fourth-order valence-corrected chi connectivity index (χ4v) is 4.59. The van der Waals surface area contributed by atoms with Crippen LogP contribution in [-0.2, 0) is 16.0 Å². The molecule has 32 heavy (non-hydrogen) atoms. The molecule has 1 aromatic heterocycles. The number of allylic oxidation sites excluding steroid dienone is 1. The van der Waals surface area contributed by atoms with Gasteiger partial charge in [0.1, 0.15) is 11.6 Å². The fourth-order valence-electron chi connectivity index (χ4n) is 4.43. The molecule has 0 radical (unpaired) electrons. The van der Waals surface area contributed by atoms with Gasteiger partial charge in [-0.05, 0) is 30.7 Å². The van der Waals surface area contributed by atoms with Gasteiger partial charge in [0.05, 0.1) is 30.3 Å². The molecule has 0 bridgehead atoms. The number of morpholine rings is 1. The van der Waals surface area contributed by atoms with Gasteiger partial charge in [-0.15, -0.1) is 0 Å². The van der Waals surface area contributed by atoms with E-state index < -0.39 is 0 Å². The molecule has 2 aliphatic heterocycles. The first kappa shape index (κ1) is 20.9.